The van der Waals surface area contributed by atoms with Gasteiger partial charge in [-0.3, -0.25) is 19.2 Å². The number of halogens is 2. The van der Waals surface area contributed by atoms with Crippen molar-refractivity contribution in [3.63, 3.8) is 0 Å². The summed E-state index contributed by atoms with van der Waals surface area (Å²) in [5.41, 5.74) is 5.41. The van der Waals surface area contributed by atoms with E-state index in [1.54, 1.807) is 4.90 Å². The quantitative estimate of drug-likeness (QED) is 0.178. The highest BCUT2D eigenvalue weighted by Crippen LogP contribution is 2.19. The molecule has 44 heavy (non-hydrogen) atoms. The van der Waals surface area contributed by atoms with E-state index in [1.807, 2.05) is 20.1 Å². The summed E-state index contributed by atoms with van der Waals surface area (Å²) in [7, 11) is 0. The molecule has 0 bridgehead atoms. The Kier molecular flexibility index (Phi) is 14.7. The van der Waals surface area contributed by atoms with E-state index in [-0.39, 0.29) is 35.1 Å². The number of nitrogens with zero attached hydrogens (tertiary/aromatic N) is 1. The highest BCUT2D eigenvalue weighted by atomic mass is 32.2. The van der Waals surface area contributed by atoms with Gasteiger partial charge in [-0.1, -0.05) is 13.8 Å². The molecule has 0 spiro atoms. The van der Waals surface area contributed by atoms with Gasteiger partial charge in [0, 0.05) is 42.8 Å². The Labute approximate surface area is 260 Å². The molecule has 2 rings (SSSR count). The van der Waals surface area contributed by atoms with Crippen molar-refractivity contribution in [2.75, 3.05) is 25.1 Å². The maximum Gasteiger partial charge on any atom is 0.253 e. The Balaban J connectivity index is 2.52. The number of hydrogen-bond donors (Lipinski definition) is 5. The monoisotopic (exact) mass is 636 g/mol. The van der Waals surface area contributed by atoms with Crippen LogP contribution in [-0.4, -0.2) is 88.1 Å². The highest BCUT2D eigenvalue weighted by Gasteiger charge is 2.34. The number of primary amides is 1. The second kappa shape index (κ2) is 17.7. The fourth-order valence-electron chi connectivity index (χ4n) is 4.86. The smallest absolute Gasteiger partial charge is 0.253 e. The molecular formula is C31H42F2N4O6S. The molecule has 0 saturated carbocycles. The van der Waals surface area contributed by atoms with Crippen molar-refractivity contribution in [2.45, 2.75) is 70.7 Å². The summed E-state index contributed by atoms with van der Waals surface area (Å²) in [5.74, 6) is -3.79. The molecule has 6 N–H and O–H groups in total. The van der Waals surface area contributed by atoms with E-state index < -0.39 is 59.6 Å². The maximum absolute atomic E-state index is 14.0. The molecule has 0 radical (unpaired) electrons. The molecule has 0 aliphatic rings. The van der Waals surface area contributed by atoms with Crippen molar-refractivity contribution in [1.29, 1.82) is 0 Å². The molecule has 10 nitrogen and oxygen atoms in total. The molecule has 0 fully saturated rings. The number of nitrogens with two attached hydrogens (primary N) is 1. The number of nitrogens with one attached hydrogen (secondary N) is 2. The molecule has 0 aliphatic heterocycles. The topological polar surface area (TPSA) is 162 Å². The summed E-state index contributed by atoms with van der Waals surface area (Å²) in [6.07, 6.45) is -0.115. The summed E-state index contributed by atoms with van der Waals surface area (Å²) >= 11 is 1.46. The fraction of sp³-hybridized carbons (Fsp3) is 0.484. The summed E-state index contributed by atoms with van der Waals surface area (Å²) < 4.78 is 28.0. The third-order valence-electron chi connectivity index (χ3n) is 6.89. The van der Waals surface area contributed by atoms with Gasteiger partial charge >= 0.3 is 0 Å². The van der Waals surface area contributed by atoms with Crippen LogP contribution in [0.2, 0.25) is 0 Å². The molecule has 4 amide bonds. The van der Waals surface area contributed by atoms with Crippen molar-refractivity contribution in [1.82, 2.24) is 15.5 Å². The van der Waals surface area contributed by atoms with Crippen LogP contribution in [0.25, 0.3) is 0 Å². The van der Waals surface area contributed by atoms with Gasteiger partial charge in [-0.15, -0.1) is 0 Å². The Morgan fingerprint density at radius 3 is 1.93 bits per heavy atom. The van der Waals surface area contributed by atoms with Crippen molar-refractivity contribution >= 4 is 35.4 Å². The number of carbonyl (C=O) groups excluding carboxylic acids is 4. The number of carbonyl (C=O) groups is 4. The van der Waals surface area contributed by atoms with Gasteiger partial charge < -0.3 is 31.5 Å². The van der Waals surface area contributed by atoms with Gasteiger partial charge in [0.2, 0.25) is 11.8 Å². The van der Waals surface area contributed by atoms with Crippen LogP contribution >= 0.6 is 11.8 Å². The molecule has 242 valence electrons. The zero-order valence-electron chi connectivity index (χ0n) is 25.4. The lowest BCUT2D eigenvalue weighted by atomic mass is 9.92. The normalized spacial score (nSPS) is 13.8. The third-order valence-corrected chi connectivity index (χ3v) is 7.54. The Hall–Kier alpha value is -3.55. The van der Waals surface area contributed by atoms with E-state index in [0.29, 0.717) is 37.8 Å². The van der Waals surface area contributed by atoms with Gasteiger partial charge in [-0.2, -0.15) is 11.8 Å². The molecule has 0 unspecified atom stereocenters. The van der Waals surface area contributed by atoms with Gasteiger partial charge in [0.1, 0.15) is 23.8 Å². The Morgan fingerprint density at radius 2 is 1.41 bits per heavy atom. The minimum atomic E-state index is -1.71. The number of aliphatic hydroxyl groups excluding tert-OH is 2. The van der Waals surface area contributed by atoms with Crippen molar-refractivity contribution in [3.8, 4) is 0 Å². The highest BCUT2D eigenvalue weighted by molar-refractivity contribution is 7.98. The number of benzene rings is 2. The van der Waals surface area contributed by atoms with Gasteiger partial charge in [-0.05, 0) is 73.6 Å². The molecule has 0 aliphatic carbocycles. The largest absolute Gasteiger partial charge is 0.388 e. The molecular weight excluding hydrogens is 594 g/mol. The molecule has 4 atom stereocenters. The predicted octanol–water partition coefficient (Wildman–Crippen LogP) is 2.65. The second-order valence-electron chi connectivity index (χ2n) is 10.6. The molecule has 0 aromatic heterocycles. The average molecular weight is 637 g/mol. The van der Waals surface area contributed by atoms with Crippen LogP contribution in [0.3, 0.4) is 0 Å². The van der Waals surface area contributed by atoms with Crippen LogP contribution < -0.4 is 16.4 Å². The first-order valence-corrected chi connectivity index (χ1v) is 15.8. The number of amides is 4. The summed E-state index contributed by atoms with van der Waals surface area (Å²) in [6, 6.07) is 4.30. The van der Waals surface area contributed by atoms with Crippen LogP contribution in [0.4, 0.5) is 8.78 Å². The third kappa shape index (κ3) is 10.9. The van der Waals surface area contributed by atoms with E-state index in [4.69, 9.17) is 5.73 Å². The van der Waals surface area contributed by atoms with Crippen LogP contribution in [0, 0.1) is 11.6 Å². The zero-order chi connectivity index (χ0) is 33.0. The molecule has 0 heterocycles. The van der Waals surface area contributed by atoms with Crippen LogP contribution in [-0.2, 0) is 11.2 Å². The number of aliphatic hydroxyl groups is 2. The van der Waals surface area contributed by atoms with Gasteiger partial charge in [0.05, 0.1) is 12.1 Å². The Morgan fingerprint density at radius 1 is 0.864 bits per heavy atom. The molecule has 2 aromatic rings. The SMILES string of the molecule is CCCN(CCC)C(=O)c1cc(C(N)=O)cc(C(=O)N[C@@H](Cc2cc(F)cc(F)c2)[C@@H](O)[C@H](O)[C@@H](CCSC)NC(C)=O)c1. The van der Waals surface area contributed by atoms with E-state index in [0.717, 1.165) is 12.1 Å². The minimum absolute atomic E-state index is 0.0560. The first-order valence-electron chi connectivity index (χ1n) is 14.4. The maximum atomic E-state index is 14.0. The predicted molar refractivity (Wildman–Crippen MR) is 165 cm³/mol. The lowest BCUT2D eigenvalue weighted by molar-refractivity contribution is -0.121. The van der Waals surface area contributed by atoms with Gasteiger partial charge in [0.25, 0.3) is 11.8 Å². The fourth-order valence-corrected chi connectivity index (χ4v) is 5.35. The lowest BCUT2D eigenvalue weighted by Crippen LogP contribution is -2.56. The van der Waals surface area contributed by atoms with Crippen LogP contribution in [0.15, 0.2) is 36.4 Å². The number of rotatable bonds is 17. The first-order chi connectivity index (χ1) is 20.8. The second-order valence-corrected chi connectivity index (χ2v) is 11.6. The lowest BCUT2D eigenvalue weighted by Gasteiger charge is -2.33. The van der Waals surface area contributed by atoms with E-state index in [1.165, 1.54) is 36.9 Å². The zero-order valence-corrected chi connectivity index (χ0v) is 26.3. The summed E-state index contributed by atoms with van der Waals surface area (Å²) in [6.45, 7) is 5.99. The molecule has 0 saturated heterocycles. The van der Waals surface area contributed by atoms with Crippen molar-refractivity contribution in [3.05, 3.63) is 70.3 Å². The molecule has 2 aromatic carbocycles. The van der Waals surface area contributed by atoms with Crippen LogP contribution in [0.5, 0.6) is 0 Å². The van der Waals surface area contributed by atoms with Gasteiger partial charge in [-0.25, -0.2) is 8.78 Å². The van der Waals surface area contributed by atoms with E-state index in [2.05, 4.69) is 10.6 Å². The van der Waals surface area contributed by atoms with Crippen molar-refractivity contribution in [2.24, 2.45) is 5.73 Å². The first kappa shape index (κ1) is 36.6. The summed E-state index contributed by atoms with van der Waals surface area (Å²) in [5, 5.41) is 27.6. The summed E-state index contributed by atoms with van der Waals surface area (Å²) in [4.78, 5) is 52.4. The van der Waals surface area contributed by atoms with Crippen molar-refractivity contribution < 1.29 is 38.2 Å². The minimum Gasteiger partial charge on any atom is -0.388 e. The standard InChI is InChI=1S/C31H42F2N4O6S/c1-5-8-37(9-6-2)31(43)22-15-20(29(34)41)14-21(16-22)30(42)36-26(13-19-11-23(32)17-24(33)12-19)28(40)27(39)25(7-10-44-4)35-18(3)38/h11-12,14-17,25-28,39-40H,5-10,13H2,1-4H3,(H2,34,41)(H,35,38)(H,36,42)/t25-,26+,27-,28-/m1/s1. The number of thioether (sulfide) groups is 1. The molecule has 13 heteroatoms. The van der Waals surface area contributed by atoms with E-state index in [9.17, 15) is 38.2 Å². The number of hydrogen-bond acceptors (Lipinski definition) is 7. The average Bonchev–Trinajstić information content (AvgIpc) is 2.96. The van der Waals surface area contributed by atoms with E-state index >= 15 is 0 Å². The van der Waals surface area contributed by atoms with Crippen LogP contribution in [0.1, 0.15) is 76.7 Å². The Bertz CT molecular complexity index is 1290. The van der Waals surface area contributed by atoms with Gasteiger partial charge in [0.15, 0.2) is 0 Å².